The standard InChI is InChI=1S/C20H20F3N3O2/c1-12-9-13-5-3-4-6-16(13)26(12)18(28)11-25(2)10-17(27)24-15-8-7-14(21)19(22)20(15)23/h3-8,12H,9-11H2,1-2H3,(H,24,27)/p+1/t12-/m1/s1. The lowest BCUT2D eigenvalue weighted by Crippen LogP contribution is -3.11. The molecule has 0 spiro atoms. The molecule has 0 radical (unpaired) electrons. The number of amides is 2. The maximum Gasteiger partial charge on any atom is 0.282 e. The first-order valence-electron chi connectivity index (χ1n) is 8.92. The number of nitrogens with zero attached hydrogens (tertiary/aromatic N) is 1. The summed E-state index contributed by atoms with van der Waals surface area (Å²) in [6, 6.07) is 9.40. The first kappa shape index (κ1) is 19.9. The zero-order valence-electron chi connectivity index (χ0n) is 15.6. The molecule has 0 aromatic heterocycles. The van der Waals surface area contributed by atoms with Gasteiger partial charge in [0.05, 0.1) is 12.7 Å². The van der Waals surface area contributed by atoms with Gasteiger partial charge < -0.3 is 15.1 Å². The van der Waals surface area contributed by atoms with E-state index >= 15 is 0 Å². The second-order valence-electron chi connectivity index (χ2n) is 7.03. The number of nitrogens with one attached hydrogen (secondary N) is 2. The molecule has 8 heteroatoms. The summed E-state index contributed by atoms with van der Waals surface area (Å²) >= 11 is 0. The molecule has 2 atom stereocenters. The number of para-hydroxylation sites is 1. The molecule has 2 amide bonds. The Bertz CT molecular complexity index is 920. The average molecular weight is 392 g/mol. The molecule has 148 valence electrons. The van der Waals surface area contributed by atoms with Crippen molar-refractivity contribution in [3.05, 3.63) is 59.4 Å². The van der Waals surface area contributed by atoms with Gasteiger partial charge in [-0.15, -0.1) is 0 Å². The van der Waals surface area contributed by atoms with Crippen molar-refractivity contribution in [2.45, 2.75) is 19.4 Å². The molecule has 2 aromatic carbocycles. The Hall–Kier alpha value is -2.87. The fourth-order valence-electron chi connectivity index (χ4n) is 3.44. The number of likely N-dealkylation sites (N-methyl/N-ethyl adjacent to an activating group) is 1. The zero-order chi connectivity index (χ0) is 20.4. The van der Waals surface area contributed by atoms with E-state index in [9.17, 15) is 22.8 Å². The van der Waals surface area contributed by atoms with E-state index < -0.39 is 29.0 Å². The van der Waals surface area contributed by atoms with E-state index in [1.807, 2.05) is 31.2 Å². The number of quaternary nitrogens is 1. The zero-order valence-corrected chi connectivity index (χ0v) is 15.6. The molecule has 1 unspecified atom stereocenters. The largest absolute Gasteiger partial charge is 0.322 e. The SMILES string of the molecule is C[C@@H]1Cc2ccccc2N1C(=O)C[NH+](C)CC(=O)Nc1ccc(F)c(F)c1F. The Morgan fingerprint density at radius 1 is 1.11 bits per heavy atom. The highest BCUT2D eigenvalue weighted by molar-refractivity contribution is 5.97. The molecule has 0 saturated heterocycles. The van der Waals surface area contributed by atoms with Crippen LogP contribution in [0.3, 0.4) is 0 Å². The molecule has 28 heavy (non-hydrogen) atoms. The molecule has 0 aliphatic carbocycles. The van der Waals surface area contributed by atoms with Gasteiger partial charge in [-0.1, -0.05) is 18.2 Å². The Balaban J connectivity index is 1.60. The van der Waals surface area contributed by atoms with E-state index in [-0.39, 0.29) is 25.0 Å². The van der Waals surface area contributed by atoms with Crippen LogP contribution in [0.4, 0.5) is 24.5 Å². The summed E-state index contributed by atoms with van der Waals surface area (Å²) in [5.74, 6) is -5.16. The summed E-state index contributed by atoms with van der Waals surface area (Å²) in [6.07, 6.45) is 0.775. The van der Waals surface area contributed by atoms with E-state index in [0.29, 0.717) is 4.90 Å². The topological polar surface area (TPSA) is 53.9 Å². The predicted octanol–water partition coefficient (Wildman–Crippen LogP) is 1.53. The van der Waals surface area contributed by atoms with Crippen molar-refractivity contribution in [3.8, 4) is 0 Å². The van der Waals surface area contributed by atoms with E-state index in [0.717, 1.165) is 29.8 Å². The fourth-order valence-corrected chi connectivity index (χ4v) is 3.44. The smallest absolute Gasteiger partial charge is 0.282 e. The normalized spacial score (nSPS) is 16.6. The maximum atomic E-state index is 13.7. The van der Waals surface area contributed by atoms with Crippen LogP contribution in [0, 0.1) is 17.5 Å². The Kier molecular flexibility index (Phi) is 5.69. The van der Waals surface area contributed by atoms with Gasteiger partial charge in [-0.2, -0.15) is 0 Å². The van der Waals surface area contributed by atoms with Gasteiger partial charge in [0.15, 0.2) is 30.5 Å². The van der Waals surface area contributed by atoms with Crippen LogP contribution in [0.2, 0.25) is 0 Å². The van der Waals surface area contributed by atoms with Gasteiger partial charge in [0, 0.05) is 11.7 Å². The minimum atomic E-state index is -1.64. The van der Waals surface area contributed by atoms with Gasteiger partial charge in [0.2, 0.25) is 0 Å². The summed E-state index contributed by atoms with van der Waals surface area (Å²) in [6.45, 7) is 1.90. The van der Waals surface area contributed by atoms with Gasteiger partial charge in [-0.25, -0.2) is 13.2 Å². The Labute approximate surface area is 160 Å². The summed E-state index contributed by atoms with van der Waals surface area (Å²) in [4.78, 5) is 27.1. The molecule has 2 aromatic rings. The van der Waals surface area contributed by atoms with Crippen molar-refractivity contribution < 1.29 is 27.7 Å². The third kappa shape index (κ3) is 4.01. The van der Waals surface area contributed by atoms with Gasteiger partial charge in [0.25, 0.3) is 11.8 Å². The first-order valence-corrected chi connectivity index (χ1v) is 8.92. The number of hydrogen-bond acceptors (Lipinski definition) is 2. The van der Waals surface area contributed by atoms with E-state index in [1.165, 1.54) is 0 Å². The van der Waals surface area contributed by atoms with Crippen LogP contribution in [-0.4, -0.2) is 38.0 Å². The minimum absolute atomic E-state index is 0.0304. The lowest BCUT2D eigenvalue weighted by Gasteiger charge is -2.24. The quantitative estimate of drug-likeness (QED) is 0.759. The van der Waals surface area contributed by atoms with E-state index in [1.54, 1.807) is 11.9 Å². The highest BCUT2D eigenvalue weighted by Crippen LogP contribution is 2.31. The van der Waals surface area contributed by atoms with Crippen molar-refractivity contribution in [2.75, 3.05) is 30.4 Å². The van der Waals surface area contributed by atoms with Crippen LogP contribution in [0.15, 0.2) is 36.4 Å². The molecule has 3 rings (SSSR count). The fraction of sp³-hybridized carbons (Fsp3) is 0.300. The number of fused-ring (bicyclic) bond motifs is 1. The average Bonchev–Trinajstić information content (AvgIpc) is 2.97. The monoisotopic (exact) mass is 392 g/mol. The van der Waals surface area contributed by atoms with Crippen LogP contribution in [0.1, 0.15) is 12.5 Å². The van der Waals surface area contributed by atoms with Crippen LogP contribution in [0.5, 0.6) is 0 Å². The number of hydrogen-bond donors (Lipinski definition) is 2. The summed E-state index contributed by atoms with van der Waals surface area (Å²) in [5.41, 5.74) is 1.54. The minimum Gasteiger partial charge on any atom is -0.322 e. The second-order valence-corrected chi connectivity index (χ2v) is 7.03. The number of rotatable bonds is 5. The third-order valence-corrected chi connectivity index (χ3v) is 4.70. The Morgan fingerprint density at radius 2 is 1.82 bits per heavy atom. The predicted molar refractivity (Wildman–Crippen MR) is 98.7 cm³/mol. The molecule has 5 nitrogen and oxygen atoms in total. The van der Waals surface area contributed by atoms with Crippen LogP contribution in [-0.2, 0) is 16.0 Å². The number of carbonyl (C=O) groups excluding carboxylic acids is 2. The van der Waals surface area contributed by atoms with Crippen LogP contribution in [0.25, 0.3) is 0 Å². The molecule has 0 fully saturated rings. The molecule has 0 bridgehead atoms. The number of carbonyl (C=O) groups is 2. The molecular weight excluding hydrogens is 371 g/mol. The Morgan fingerprint density at radius 3 is 2.57 bits per heavy atom. The highest BCUT2D eigenvalue weighted by atomic mass is 19.2. The molecule has 1 heterocycles. The second kappa shape index (κ2) is 8.02. The van der Waals surface area contributed by atoms with Crippen molar-refractivity contribution in [1.29, 1.82) is 0 Å². The van der Waals surface area contributed by atoms with Gasteiger partial charge in [-0.3, -0.25) is 9.59 Å². The van der Waals surface area contributed by atoms with Gasteiger partial charge in [0.1, 0.15) is 0 Å². The molecule has 1 aliphatic heterocycles. The number of benzene rings is 2. The van der Waals surface area contributed by atoms with Crippen molar-refractivity contribution in [3.63, 3.8) is 0 Å². The number of halogens is 3. The van der Waals surface area contributed by atoms with Crippen LogP contribution < -0.4 is 15.1 Å². The maximum absolute atomic E-state index is 13.7. The third-order valence-electron chi connectivity index (χ3n) is 4.70. The molecule has 0 saturated carbocycles. The van der Waals surface area contributed by atoms with Crippen molar-refractivity contribution in [2.24, 2.45) is 0 Å². The van der Waals surface area contributed by atoms with Crippen molar-refractivity contribution >= 4 is 23.2 Å². The molecular formula is C20H21F3N3O2+. The molecule has 2 N–H and O–H groups in total. The summed E-state index contributed by atoms with van der Waals surface area (Å²) < 4.78 is 39.9. The van der Waals surface area contributed by atoms with Gasteiger partial charge >= 0.3 is 0 Å². The first-order chi connectivity index (χ1) is 13.3. The van der Waals surface area contributed by atoms with Crippen LogP contribution >= 0.6 is 0 Å². The lowest BCUT2D eigenvalue weighted by molar-refractivity contribution is -0.862. The van der Waals surface area contributed by atoms with E-state index in [2.05, 4.69) is 5.32 Å². The van der Waals surface area contributed by atoms with Crippen molar-refractivity contribution in [1.82, 2.24) is 0 Å². The summed E-state index contributed by atoms with van der Waals surface area (Å²) in [5, 5.41) is 2.21. The molecule has 1 aliphatic rings. The summed E-state index contributed by atoms with van der Waals surface area (Å²) in [7, 11) is 1.66. The lowest BCUT2D eigenvalue weighted by atomic mass is 10.1. The van der Waals surface area contributed by atoms with E-state index in [4.69, 9.17) is 0 Å². The van der Waals surface area contributed by atoms with Gasteiger partial charge in [-0.05, 0) is 37.1 Å². The number of anilines is 2. The highest BCUT2D eigenvalue weighted by Gasteiger charge is 2.32.